The maximum atomic E-state index is 12.1. The summed E-state index contributed by atoms with van der Waals surface area (Å²) < 4.78 is 0. The predicted molar refractivity (Wildman–Crippen MR) is 94.0 cm³/mol. The summed E-state index contributed by atoms with van der Waals surface area (Å²) in [4.78, 5) is 35.2. The second-order valence-corrected chi connectivity index (χ2v) is 5.56. The van der Waals surface area contributed by atoms with Crippen LogP contribution in [0.5, 0.6) is 0 Å². The van der Waals surface area contributed by atoms with Crippen molar-refractivity contribution in [2.45, 2.75) is 40.7 Å². The highest BCUT2D eigenvalue weighted by atomic mass is 16.2. The lowest BCUT2D eigenvalue weighted by atomic mass is 10.00. The van der Waals surface area contributed by atoms with Gasteiger partial charge in [0, 0.05) is 24.3 Å². The van der Waals surface area contributed by atoms with Crippen molar-refractivity contribution in [3.8, 4) is 0 Å². The van der Waals surface area contributed by atoms with E-state index >= 15 is 0 Å². The summed E-state index contributed by atoms with van der Waals surface area (Å²) in [5, 5.41) is 13.0. The highest BCUT2D eigenvalue weighted by Gasteiger charge is 2.21. The van der Waals surface area contributed by atoms with E-state index in [1.807, 2.05) is 20.8 Å². The van der Waals surface area contributed by atoms with Gasteiger partial charge in [0.2, 0.25) is 0 Å². The van der Waals surface area contributed by atoms with Crippen molar-refractivity contribution in [2.75, 3.05) is 13.2 Å². The molecule has 0 aliphatic rings. The van der Waals surface area contributed by atoms with Gasteiger partial charge in [-0.2, -0.15) is 0 Å². The largest absolute Gasteiger partial charge is 0.397 e. The predicted octanol–water partition coefficient (Wildman–Crippen LogP) is 1.78. The fourth-order valence-electron chi connectivity index (χ4n) is 2.00. The number of nitrogens with one attached hydrogen (secondary N) is 2. The van der Waals surface area contributed by atoms with E-state index in [2.05, 4.69) is 10.6 Å². The summed E-state index contributed by atoms with van der Waals surface area (Å²) >= 11 is 0. The maximum absolute atomic E-state index is 12.1. The normalized spacial score (nSPS) is 11.1. The molecule has 0 aliphatic heterocycles. The van der Waals surface area contributed by atoms with Crippen LogP contribution >= 0.6 is 0 Å². The Kier molecular flexibility index (Phi) is 10.3. The summed E-state index contributed by atoms with van der Waals surface area (Å²) in [5.74, 6) is -0.530. The van der Waals surface area contributed by atoms with Gasteiger partial charge in [0.1, 0.15) is 0 Å². The van der Waals surface area contributed by atoms with E-state index in [1.54, 1.807) is 31.2 Å². The van der Waals surface area contributed by atoms with Crippen LogP contribution < -0.4 is 10.6 Å². The molecule has 1 unspecified atom stereocenters. The molecule has 1 atom stereocenters. The third-order valence-electron chi connectivity index (χ3n) is 3.14. The van der Waals surface area contributed by atoms with Crippen LogP contribution in [0.15, 0.2) is 24.3 Å². The van der Waals surface area contributed by atoms with Gasteiger partial charge >= 0.3 is 0 Å². The number of carbonyl (C=O) groups is 3. The van der Waals surface area contributed by atoms with E-state index in [4.69, 9.17) is 5.11 Å². The molecule has 1 rings (SSSR count). The molecule has 3 N–H and O–H groups in total. The van der Waals surface area contributed by atoms with E-state index in [1.165, 1.54) is 6.92 Å². The number of ketones is 1. The zero-order valence-electron chi connectivity index (χ0n) is 15.1. The standard InChI is InChI=1S/C16H22N2O3.C2H6O/c1-5-17-15(20)12-6-8-13(9-7-12)16(21)18-14(10(2)3)11(4)19;1-2-3/h6-10,14H,5H2,1-4H3,(H,17,20)(H,18,21);3H,2H2,1H3. The third kappa shape index (κ3) is 7.37. The average Bonchev–Trinajstić information content (AvgIpc) is 2.53. The SMILES string of the molecule is CCNC(=O)c1ccc(C(=O)NC(C(C)=O)C(C)C)cc1.CCO. The molecule has 2 amide bonds. The summed E-state index contributed by atoms with van der Waals surface area (Å²) in [6.45, 7) is 9.54. The maximum Gasteiger partial charge on any atom is 0.251 e. The molecule has 0 fully saturated rings. The first-order valence-electron chi connectivity index (χ1n) is 8.08. The van der Waals surface area contributed by atoms with Gasteiger partial charge in [0.15, 0.2) is 5.78 Å². The zero-order chi connectivity index (χ0) is 18.7. The van der Waals surface area contributed by atoms with Gasteiger partial charge < -0.3 is 15.7 Å². The van der Waals surface area contributed by atoms with Crippen LogP contribution in [0.1, 0.15) is 55.3 Å². The van der Waals surface area contributed by atoms with Gasteiger partial charge in [0.25, 0.3) is 11.8 Å². The summed E-state index contributed by atoms with van der Waals surface area (Å²) in [6, 6.07) is 5.85. The average molecular weight is 336 g/mol. The smallest absolute Gasteiger partial charge is 0.251 e. The summed E-state index contributed by atoms with van der Waals surface area (Å²) in [7, 11) is 0. The fourth-order valence-corrected chi connectivity index (χ4v) is 2.00. The molecule has 0 aromatic heterocycles. The molecule has 0 heterocycles. The molecule has 1 aromatic carbocycles. The Balaban J connectivity index is 0.00000163. The number of aliphatic hydroxyl groups excluding tert-OH is 1. The second kappa shape index (κ2) is 11.3. The van der Waals surface area contributed by atoms with Crippen molar-refractivity contribution in [3.63, 3.8) is 0 Å². The zero-order valence-corrected chi connectivity index (χ0v) is 15.1. The van der Waals surface area contributed by atoms with E-state index in [0.29, 0.717) is 17.7 Å². The minimum atomic E-state index is -0.499. The van der Waals surface area contributed by atoms with E-state index < -0.39 is 6.04 Å². The van der Waals surface area contributed by atoms with Gasteiger partial charge in [-0.05, 0) is 51.0 Å². The van der Waals surface area contributed by atoms with Crippen molar-refractivity contribution in [1.29, 1.82) is 0 Å². The van der Waals surface area contributed by atoms with Crippen LogP contribution in [-0.4, -0.2) is 41.9 Å². The third-order valence-corrected chi connectivity index (χ3v) is 3.14. The Morgan fingerprint density at radius 1 is 1.00 bits per heavy atom. The lowest BCUT2D eigenvalue weighted by molar-refractivity contribution is -0.119. The van der Waals surface area contributed by atoms with Crippen molar-refractivity contribution in [3.05, 3.63) is 35.4 Å². The summed E-state index contributed by atoms with van der Waals surface area (Å²) in [5.41, 5.74) is 0.926. The van der Waals surface area contributed by atoms with Crippen molar-refractivity contribution in [1.82, 2.24) is 10.6 Å². The van der Waals surface area contributed by atoms with Crippen LogP contribution in [0.2, 0.25) is 0 Å². The molecule has 0 saturated carbocycles. The van der Waals surface area contributed by atoms with Gasteiger partial charge in [-0.3, -0.25) is 14.4 Å². The second-order valence-electron chi connectivity index (χ2n) is 5.56. The highest BCUT2D eigenvalue weighted by Crippen LogP contribution is 2.08. The number of hydrogen-bond donors (Lipinski definition) is 3. The molecular formula is C18H28N2O4. The topological polar surface area (TPSA) is 95.5 Å². The van der Waals surface area contributed by atoms with E-state index in [9.17, 15) is 14.4 Å². The number of Topliss-reactive ketones (excluding diaryl/α,β-unsaturated/α-hetero) is 1. The number of hydrogen-bond acceptors (Lipinski definition) is 4. The van der Waals surface area contributed by atoms with Crippen LogP contribution in [0.3, 0.4) is 0 Å². The lowest BCUT2D eigenvalue weighted by Crippen LogP contribution is -2.43. The molecule has 0 radical (unpaired) electrons. The van der Waals surface area contributed by atoms with Crippen LogP contribution in [0.4, 0.5) is 0 Å². The molecule has 1 aromatic rings. The number of aliphatic hydroxyl groups is 1. The van der Waals surface area contributed by atoms with Gasteiger partial charge in [-0.25, -0.2) is 0 Å². The first-order chi connectivity index (χ1) is 11.3. The molecule has 0 aliphatic carbocycles. The Hall–Kier alpha value is -2.21. The molecule has 0 saturated heterocycles. The monoisotopic (exact) mass is 336 g/mol. The first-order valence-corrected chi connectivity index (χ1v) is 8.08. The Morgan fingerprint density at radius 2 is 1.42 bits per heavy atom. The van der Waals surface area contributed by atoms with Crippen molar-refractivity contribution >= 4 is 17.6 Å². The number of amides is 2. The van der Waals surface area contributed by atoms with Crippen LogP contribution in [0, 0.1) is 5.92 Å². The summed E-state index contributed by atoms with van der Waals surface area (Å²) in [6.07, 6.45) is 0. The Bertz CT molecular complexity index is 538. The molecule has 24 heavy (non-hydrogen) atoms. The molecule has 6 nitrogen and oxygen atoms in total. The fraction of sp³-hybridized carbons (Fsp3) is 0.500. The molecule has 0 spiro atoms. The van der Waals surface area contributed by atoms with Gasteiger partial charge in [0.05, 0.1) is 6.04 Å². The molecule has 6 heteroatoms. The number of carbonyl (C=O) groups excluding carboxylic acids is 3. The number of rotatable bonds is 6. The van der Waals surface area contributed by atoms with E-state index in [-0.39, 0.29) is 30.1 Å². The minimum absolute atomic E-state index is 0.0288. The first kappa shape index (κ1) is 21.8. The highest BCUT2D eigenvalue weighted by molar-refractivity contribution is 5.99. The van der Waals surface area contributed by atoms with Gasteiger partial charge in [-0.15, -0.1) is 0 Å². The van der Waals surface area contributed by atoms with E-state index in [0.717, 1.165) is 0 Å². The Morgan fingerprint density at radius 3 is 1.75 bits per heavy atom. The minimum Gasteiger partial charge on any atom is -0.397 e. The molecular weight excluding hydrogens is 308 g/mol. The van der Waals surface area contributed by atoms with Crippen molar-refractivity contribution in [2.24, 2.45) is 5.92 Å². The lowest BCUT2D eigenvalue weighted by Gasteiger charge is -2.19. The van der Waals surface area contributed by atoms with Gasteiger partial charge in [-0.1, -0.05) is 13.8 Å². The van der Waals surface area contributed by atoms with Crippen molar-refractivity contribution < 1.29 is 19.5 Å². The molecule has 134 valence electrons. The Labute approximate surface area is 143 Å². The molecule has 0 bridgehead atoms. The van der Waals surface area contributed by atoms with Crippen LogP contribution in [-0.2, 0) is 4.79 Å². The number of benzene rings is 1. The quantitative estimate of drug-likeness (QED) is 0.738. The van der Waals surface area contributed by atoms with Crippen LogP contribution in [0.25, 0.3) is 0 Å².